The first-order valence-corrected chi connectivity index (χ1v) is 6.57. The molecule has 0 saturated heterocycles. The molecule has 0 saturated carbocycles. The van der Waals surface area contributed by atoms with E-state index in [0.717, 1.165) is 16.9 Å². The van der Waals surface area contributed by atoms with Gasteiger partial charge in [0.15, 0.2) is 0 Å². The Kier molecular flexibility index (Phi) is 4.30. The van der Waals surface area contributed by atoms with E-state index in [1.165, 1.54) is 0 Å². The molecule has 0 aromatic heterocycles. The second-order valence-electron chi connectivity index (χ2n) is 4.56. The SMILES string of the molecule is COc1ccc(-c2cc(Cl)cc([C@@H](C)C(=O)O)c2)cc1. The molecule has 0 fully saturated rings. The predicted molar refractivity (Wildman–Crippen MR) is 79.5 cm³/mol. The number of carboxylic acid groups (broad SMARTS) is 1. The van der Waals surface area contributed by atoms with E-state index < -0.39 is 11.9 Å². The molecule has 4 heteroatoms. The van der Waals surface area contributed by atoms with Crippen molar-refractivity contribution in [3.63, 3.8) is 0 Å². The summed E-state index contributed by atoms with van der Waals surface area (Å²) in [5, 5.41) is 9.63. The summed E-state index contributed by atoms with van der Waals surface area (Å²) in [5.74, 6) is -0.687. The van der Waals surface area contributed by atoms with Crippen LogP contribution >= 0.6 is 11.6 Å². The van der Waals surface area contributed by atoms with Crippen molar-refractivity contribution in [3.05, 3.63) is 53.1 Å². The molecule has 0 aliphatic rings. The predicted octanol–water partition coefficient (Wildman–Crippen LogP) is 4.20. The van der Waals surface area contributed by atoms with E-state index in [-0.39, 0.29) is 0 Å². The Morgan fingerprint density at radius 2 is 1.80 bits per heavy atom. The Bertz CT molecular complexity index is 620. The van der Waals surface area contributed by atoms with Crippen LogP contribution in [-0.4, -0.2) is 18.2 Å². The first-order chi connectivity index (χ1) is 9.51. The Morgan fingerprint density at radius 3 is 2.35 bits per heavy atom. The zero-order valence-corrected chi connectivity index (χ0v) is 12.0. The van der Waals surface area contributed by atoms with Crippen molar-refractivity contribution in [3.8, 4) is 16.9 Å². The van der Waals surface area contributed by atoms with Gasteiger partial charge in [-0.2, -0.15) is 0 Å². The van der Waals surface area contributed by atoms with Crippen LogP contribution < -0.4 is 4.74 Å². The molecule has 3 nitrogen and oxygen atoms in total. The minimum atomic E-state index is -0.868. The highest BCUT2D eigenvalue weighted by atomic mass is 35.5. The molecule has 0 aliphatic heterocycles. The Balaban J connectivity index is 2.43. The fourth-order valence-corrected chi connectivity index (χ4v) is 2.20. The van der Waals surface area contributed by atoms with E-state index in [0.29, 0.717) is 10.6 Å². The van der Waals surface area contributed by atoms with Crippen LogP contribution in [0.15, 0.2) is 42.5 Å². The highest BCUT2D eigenvalue weighted by Gasteiger charge is 2.15. The molecule has 1 atom stereocenters. The van der Waals surface area contributed by atoms with Gasteiger partial charge in [0.2, 0.25) is 0 Å². The fourth-order valence-electron chi connectivity index (χ4n) is 1.96. The summed E-state index contributed by atoms with van der Waals surface area (Å²) in [6, 6.07) is 12.9. The van der Waals surface area contributed by atoms with Crippen molar-refractivity contribution in [2.75, 3.05) is 7.11 Å². The number of rotatable bonds is 4. The Hall–Kier alpha value is -2.00. The average Bonchev–Trinajstić information content (AvgIpc) is 2.45. The fraction of sp³-hybridized carbons (Fsp3) is 0.188. The summed E-state index contributed by atoms with van der Waals surface area (Å²) in [6.07, 6.45) is 0. The lowest BCUT2D eigenvalue weighted by Crippen LogP contribution is -2.07. The molecule has 0 unspecified atom stereocenters. The molecule has 0 heterocycles. The molecule has 0 bridgehead atoms. The number of halogens is 1. The van der Waals surface area contributed by atoms with Crippen molar-refractivity contribution < 1.29 is 14.6 Å². The summed E-state index contributed by atoms with van der Waals surface area (Å²) in [6.45, 7) is 1.64. The Morgan fingerprint density at radius 1 is 1.15 bits per heavy atom. The zero-order valence-electron chi connectivity index (χ0n) is 11.3. The van der Waals surface area contributed by atoms with E-state index in [1.54, 1.807) is 20.1 Å². The topological polar surface area (TPSA) is 46.5 Å². The molecule has 0 radical (unpaired) electrons. The standard InChI is InChI=1S/C16H15ClO3/c1-10(16(18)19)12-7-13(9-14(17)8-12)11-3-5-15(20-2)6-4-11/h3-10H,1-2H3,(H,18,19)/t10-/m1/s1. The second kappa shape index (κ2) is 5.97. The number of carbonyl (C=O) groups is 1. The molecular weight excluding hydrogens is 276 g/mol. The molecular formula is C16H15ClO3. The summed E-state index contributed by atoms with van der Waals surface area (Å²) >= 11 is 6.09. The average molecular weight is 291 g/mol. The van der Waals surface area contributed by atoms with Crippen LogP contribution in [0.2, 0.25) is 5.02 Å². The third-order valence-electron chi connectivity index (χ3n) is 3.21. The summed E-state index contributed by atoms with van der Waals surface area (Å²) < 4.78 is 5.12. The largest absolute Gasteiger partial charge is 0.497 e. The molecule has 2 aromatic carbocycles. The number of hydrogen-bond donors (Lipinski definition) is 1. The smallest absolute Gasteiger partial charge is 0.310 e. The van der Waals surface area contributed by atoms with Crippen LogP contribution in [0.5, 0.6) is 5.75 Å². The second-order valence-corrected chi connectivity index (χ2v) is 5.00. The van der Waals surface area contributed by atoms with Crippen molar-refractivity contribution in [2.45, 2.75) is 12.8 Å². The van der Waals surface area contributed by atoms with E-state index in [2.05, 4.69) is 0 Å². The number of ether oxygens (including phenoxy) is 1. The van der Waals surface area contributed by atoms with Crippen LogP contribution in [0, 0.1) is 0 Å². The molecule has 0 amide bonds. The number of aliphatic carboxylic acids is 1. The minimum Gasteiger partial charge on any atom is -0.497 e. The molecule has 2 rings (SSSR count). The Labute approximate surface area is 122 Å². The van der Waals surface area contributed by atoms with Gasteiger partial charge in [-0.05, 0) is 47.9 Å². The van der Waals surface area contributed by atoms with Crippen LogP contribution in [0.3, 0.4) is 0 Å². The normalized spacial score (nSPS) is 11.9. The molecule has 0 aliphatic carbocycles. The lowest BCUT2D eigenvalue weighted by Gasteiger charge is -2.11. The first-order valence-electron chi connectivity index (χ1n) is 6.19. The van der Waals surface area contributed by atoms with Crippen LogP contribution in [0.4, 0.5) is 0 Å². The highest BCUT2D eigenvalue weighted by Crippen LogP contribution is 2.29. The minimum absolute atomic E-state index is 0.529. The monoisotopic (exact) mass is 290 g/mol. The van der Waals surface area contributed by atoms with Gasteiger partial charge in [0.1, 0.15) is 5.75 Å². The maximum absolute atomic E-state index is 11.1. The summed E-state index contributed by atoms with van der Waals surface area (Å²) in [5.41, 5.74) is 2.55. The van der Waals surface area contributed by atoms with E-state index in [4.69, 9.17) is 21.4 Å². The number of hydrogen-bond acceptors (Lipinski definition) is 2. The quantitative estimate of drug-likeness (QED) is 0.918. The van der Waals surface area contributed by atoms with Crippen molar-refractivity contribution in [1.29, 1.82) is 0 Å². The van der Waals surface area contributed by atoms with Gasteiger partial charge in [0, 0.05) is 5.02 Å². The van der Waals surface area contributed by atoms with Crippen molar-refractivity contribution >= 4 is 17.6 Å². The maximum Gasteiger partial charge on any atom is 0.310 e. The van der Waals surface area contributed by atoms with Crippen LogP contribution in [-0.2, 0) is 4.79 Å². The van der Waals surface area contributed by atoms with Gasteiger partial charge in [-0.3, -0.25) is 4.79 Å². The summed E-state index contributed by atoms with van der Waals surface area (Å²) in [7, 11) is 1.61. The van der Waals surface area contributed by atoms with Gasteiger partial charge < -0.3 is 9.84 Å². The van der Waals surface area contributed by atoms with Crippen molar-refractivity contribution in [2.24, 2.45) is 0 Å². The summed E-state index contributed by atoms with van der Waals surface area (Å²) in [4.78, 5) is 11.1. The van der Waals surface area contributed by atoms with E-state index in [9.17, 15) is 4.79 Å². The molecule has 1 N–H and O–H groups in total. The van der Waals surface area contributed by atoms with E-state index >= 15 is 0 Å². The number of methoxy groups -OCH3 is 1. The van der Waals surface area contributed by atoms with Crippen LogP contribution in [0.25, 0.3) is 11.1 Å². The van der Waals surface area contributed by atoms with Crippen molar-refractivity contribution in [1.82, 2.24) is 0 Å². The molecule has 20 heavy (non-hydrogen) atoms. The third kappa shape index (κ3) is 3.11. The van der Waals surface area contributed by atoms with Gasteiger partial charge >= 0.3 is 5.97 Å². The molecule has 0 spiro atoms. The van der Waals surface area contributed by atoms with Gasteiger partial charge in [-0.15, -0.1) is 0 Å². The number of carboxylic acids is 1. The van der Waals surface area contributed by atoms with Gasteiger partial charge in [0.25, 0.3) is 0 Å². The van der Waals surface area contributed by atoms with Gasteiger partial charge in [-0.25, -0.2) is 0 Å². The van der Waals surface area contributed by atoms with Gasteiger partial charge in [0.05, 0.1) is 13.0 Å². The zero-order chi connectivity index (χ0) is 14.7. The van der Waals surface area contributed by atoms with Gasteiger partial charge in [-0.1, -0.05) is 29.8 Å². The molecule has 2 aromatic rings. The lowest BCUT2D eigenvalue weighted by atomic mass is 9.96. The number of benzene rings is 2. The maximum atomic E-state index is 11.1. The first kappa shape index (κ1) is 14.4. The molecule has 104 valence electrons. The third-order valence-corrected chi connectivity index (χ3v) is 3.43. The lowest BCUT2D eigenvalue weighted by molar-refractivity contribution is -0.138. The van der Waals surface area contributed by atoms with Crippen LogP contribution in [0.1, 0.15) is 18.4 Å². The highest BCUT2D eigenvalue weighted by molar-refractivity contribution is 6.31. The van der Waals surface area contributed by atoms with E-state index in [1.807, 2.05) is 36.4 Å².